The minimum atomic E-state index is -0.0890. The lowest BCUT2D eigenvalue weighted by molar-refractivity contribution is 0.0937. The highest BCUT2D eigenvalue weighted by atomic mass is 32.1. The minimum absolute atomic E-state index is 0.0890. The quantitative estimate of drug-likeness (QED) is 0.771. The third-order valence-electron chi connectivity index (χ3n) is 2.86. The monoisotopic (exact) mass is 266 g/mol. The predicted octanol–water partition coefficient (Wildman–Crippen LogP) is 3.69. The Morgan fingerprint density at radius 2 is 2.11 bits per heavy atom. The standard InChI is InChI=1S/C14H22N2OS/c1-10(2)6-4-7-11(3)16-13(17)12-8-5-9-15-14(12)18/h5,8-11H,4,6-7H2,1-3H3,(H,15,18)(H,16,17). The summed E-state index contributed by atoms with van der Waals surface area (Å²) >= 11 is 5.09. The van der Waals surface area contributed by atoms with Crippen LogP contribution in [0.15, 0.2) is 18.3 Å². The Bertz CT molecular complexity index is 439. The Hall–Kier alpha value is -1.16. The highest BCUT2D eigenvalue weighted by Gasteiger charge is 2.10. The lowest BCUT2D eigenvalue weighted by Gasteiger charge is -2.14. The van der Waals surface area contributed by atoms with Gasteiger partial charge in [-0.1, -0.05) is 38.9 Å². The van der Waals surface area contributed by atoms with Crippen molar-refractivity contribution in [2.75, 3.05) is 0 Å². The molecule has 1 heterocycles. The molecule has 0 aliphatic heterocycles. The molecule has 3 nitrogen and oxygen atoms in total. The Morgan fingerprint density at radius 1 is 1.39 bits per heavy atom. The number of hydrogen-bond acceptors (Lipinski definition) is 2. The van der Waals surface area contributed by atoms with Crippen molar-refractivity contribution in [1.82, 2.24) is 10.3 Å². The predicted molar refractivity (Wildman–Crippen MR) is 77.2 cm³/mol. The zero-order chi connectivity index (χ0) is 13.5. The first-order valence-electron chi connectivity index (χ1n) is 6.49. The van der Waals surface area contributed by atoms with Crippen LogP contribution >= 0.6 is 12.2 Å². The zero-order valence-electron chi connectivity index (χ0n) is 11.3. The van der Waals surface area contributed by atoms with Gasteiger partial charge in [-0.25, -0.2) is 0 Å². The maximum absolute atomic E-state index is 12.0. The Balaban J connectivity index is 2.45. The molecule has 18 heavy (non-hydrogen) atoms. The van der Waals surface area contributed by atoms with Crippen molar-refractivity contribution in [1.29, 1.82) is 0 Å². The summed E-state index contributed by atoms with van der Waals surface area (Å²) in [6.45, 7) is 6.47. The zero-order valence-corrected chi connectivity index (χ0v) is 12.1. The van der Waals surface area contributed by atoms with E-state index in [0.29, 0.717) is 10.2 Å². The molecule has 0 saturated carbocycles. The van der Waals surface area contributed by atoms with E-state index >= 15 is 0 Å². The molecule has 1 atom stereocenters. The van der Waals surface area contributed by atoms with Gasteiger partial charge in [0.05, 0.1) is 5.56 Å². The van der Waals surface area contributed by atoms with E-state index in [-0.39, 0.29) is 11.9 Å². The van der Waals surface area contributed by atoms with Crippen molar-refractivity contribution in [2.45, 2.75) is 46.1 Å². The van der Waals surface area contributed by atoms with Crippen molar-refractivity contribution in [3.05, 3.63) is 28.5 Å². The van der Waals surface area contributed by atoms with Gasteiger partial charge in [0, 0.05) is 12.2 Å². The van der Waals surface area contributed by atoms with Crippen molar-refractivity contribution < 1.29 is 4.79 Å². The Morgan fingerprint density at radius 3 is 2.72 bits per heavy atom. The van der Waals surface area contributed by atoms with Crippen LogP contribution in [0, 0.1) is 10.6 Å². The van der Waals surface area contributed by atoms with E-state index < -0.39 is 0 Å². The highest BCUT2D eigenvalue weighted by molar-refractivity contribution is 7.71. The van der Waals surface area contributed by atoms with Gasteiger partial charge in [-0.3, -0.25) is 4.79 Å². The van der Waals surface area contributed by atoms with Crippen molar-refractivity contribution in [2.24, 2.45) is 5.92 Å². The maximum atomic E-state index is 12.0. The van der Waals surface area contributed by atoms with Gasteiger partial charge in [0.1, 0.15) is 4.64 Å². The van der Waals surface area contributed by atoms with E-state index in [1.54, 1.807) is 18.3 Å². The van der Waals surface area contributed by atoms with Crippen LogP contribution < -0.4 is 5.32 Å². The summed E-state index contributed by atoms with van der Waals surface area (Å²) in [6, 6.07) is 3.72. The average molecular weight is 266 g/mol. The summed E-state index contributed by atoms with van der Waals surface area (Å²) in [7, 11) is 0. The molecular weight excluding hydrogens is 244 g/mol. The second kappa shape index (κ2) is 7.31. The molecule has 0 aliphatic rings. The molecule has 0 aromatic carbocycles. The summed E-state index contributed by atoms with van der Waals surface area (Å²) in [5, 5.41) is 2.99. The second-order valence-corrected chi connectivity index (χ2v) is 5.52. The first-order chi connectivity index (χ1) is 8.50. The Kier molecular flexibility index (Phi) is 6.05. The number of aromatic nitrogens is 1. The summed E-state index contributed by atoms with van der Waals surface area (Å²) in [5.74, 6) is 0.629. The number of carbonyl (C=O) groups is 1. The topological polar surface area (TPSA) is 44.9 Å². The number of amides is 1. The smallest absolute Gasteiger partial charge is 0.254 e. The molecule has 0 bridgehead atoms. The van der Waals surface area contributed by atoms with E-state index in [9.17, 15) is 4.79 Å². The van der Waals surface area contributed by atoms with Gasteiger partial charge in [-0.05, 0) is 31.4 Å². The van der Waals surface area contributed by atoms with Gasteiger partial charge < -0.3 is 10.3 Å². The van der Waals surface area contributed by atoms with Crippen LogP contribution in [0.4, 0.5) is 0 Å². The molecule has 100 valence electrons. The molecule has 4 heteroatoms. The molecule has 0 radical (unpaired) electrons. The number of carbonyl (C=O) groups excluding carboxylic acids is 1. The van der Waals surface area contributed by atoms with E-state index in [4.69, 9.17) is 12.2 Å². The van der Waals surface area contributed by atoms with Gasteiger partial charge in [-0.2, -0.15) is 0 Å². The third kappa shape index (κ3) is 5.00. The fourth-order valence-electron chi connectivity index (χ4n) is 1.81. The van der Waals surface area contributed by atoms with Crippen molar-refractivity contribution in [3.63, 3.8) is 0 Å². The van der Waals surface area contributed by atoms with Crippen LogP contribution in [-0.2, 0) is 0 Å². The first kappa shape index (κ1) is 14.9. The van der Waals surface area contributed by atoms with Gasteiger partial charge in [0.15, 0.2) is 0 Å². The molecule has 0 saturated heterocycles. The summed E-state index contributed by atoms with van der Waals surface area (Å²) in [6.07, 6.45) is 5.07. The summed E-state index contributed by atoms with van der Waals surface area (Å²) in [4.78, 5) is 14.8. The fourth-order valence-corrected chi connectivity index (χ4v) is 2.04. The lowest BCUT2D eigenvalue weighted by atomic mass is 10.0. The number of rotatable bonds is 6. The molecule has 0 aliphatic carbocycles. The third-order valence-corrected chi connectivity index (χ3v) is 3.20. The fraction of sp³-hybridized carbons (Fsp3) is 0.571. The lowest BCUT2D eigenvalue weighted by Crippen LogP contribution is -2.32. The number of nitrogens with one attached hydrogen (secondary N) is 2. The number of aromatic amines is 1. The highest BCUT2D eigenvalue weighted by Crippen LogP contribution is 2.09. The average Bonchev–Trinajstić information content (AvgIpc) is 2.28. The van der Waals surface area contributed by atoms with E-state index in [1.165, 1.54) is 6.42 Å². The second-order valence-electron chi connectivity index (χ2n) is 5.11. The molecular formula is C14H22N2OS. The van der Waals surface area contributed by atoms with Crippen LogP contribution in [0.2, 0.25) is 0 Å². The molecule has 1 unspecified atom stereocenters. The first-order valence-corrected chi connectivity index (χ1v) is 6.90. The molecule has 0 spiro atoms. The molecule has 2 N–H and O–H groups in total. The molecule has 1 aromatic heterocycles. The Labute approximate surface area is 114 Å². The molecule has 1 rings (SSSR count). The maximum Gasteiger partial charge on any atom is 0.254 e. The van der Waals surface area contributed by atoms with E-state index in [0.717, 1.165) is 18.8 Å². The number of pyridine rings is 1. The van der Waals surface area contributed by atoms with Crippen molar-refractivity contribution >= 4 is 18.1 Å². The summed E-state index contributed by atoms with van der Waals surface area (Å²) in [5.41, 5.74) is 0.545. The van der Waals surface area contributed by atoms with Crippen LogP contribution in [0.5, 0.6) is 0 Å². The van der Waals surface area contributed by atoms with Gasteiger partial charge in [0.2, 0.25) is 0 Å². The normalized spacial score (nSPS) is 12.4. The van der Waals surface area contributed by atoms with Crippen LogP contribution in [0.3, 0.4) is 0 Å². The van der Waals surface area contributed by atoms with Crippen LogP contribution in [-0.4, -0.2) is 16.9 Å². The van der Waals surface area contributed by atoms with E-state index in [2.05, 4.69) is 24.1 Å². The minimum Gasteiger partial charge on any atom is -0.352 e. The van der Waals surface area contributed by atoms with Gasteiger partial charge in [-0.15, -0.1) is 0 Å². The van der Waals surface area contributed by atoms with Crippen LogP contribution in [0.1, 0.15) is 50.4 Å². The SMILES string of the molecule is CC(C)CCCC(C)NC(=O)c1ccc[nH]c1=S. The van der Waals surface area contributed by atoms with Gasteiger partial charge >= 0.3 is 0 Å². The number of hydrogen-bond donors (Lipinski definition) is 2. The van der Waals surface area contributed by atoms with Gasteiger partial charge in [0.25, 0.3) is 5.91 Å². The van der Waals surface area contributed by atoms with E-state index in [1.807, 2.05) is 6.92 Å². The molecule has 0 fully saturated rings. The van der Waals surface area contributed by atoms with Crippen molar-refractivity contribution in [3.8, 4) is 0 Å². The molecule has 1 aromatic rings. The van der Waals surface area contributed by atoms with Crippen LogP contribution in [0.25, 0.3) is 0 Å². The largest absolute Gasteiger partial charge is 0.352 e. The molecule has 1 amide bonds. The number of H-pyrrole nitrogens is 1. The summed E-state index contributed by atoms with van der Waals surface area (Å²) < 4.78 is 0.490.